The first-order valence-corrected chi connectivity index (χ1v) is 49.3. The first-order valence-electron chi connectivity index (χ1n) is 46.6. The summed E-state index contributed by atoms with van der Waals surface area (Å²) in [4.78, 5) is 232. The first kappa shape index (κ1) is 123. The van der Waals surface area contributed by atoms with E-state index in [2.05, 4.69) is 75.4 Å². The summed E-state index contributed by atoms with van der Waals surface area (Å²) < 4.78 is 56.9. The van der Waals surface area contributed by atoms with Crippen molar-refractivity contribution in [3.05, 3.63) is 137 Å². The molecule has 6 rings (SSSR count). The van der Waals surface area contributed by atoms with Crippen LogP contribution in [0.1, 0.15) is 140 Å². The van der Waals surface area contributed by atoms with Gasteiger partial charge in [-0.25, -0.2) is 28.7 Å². The van der Waals surface area contributed by atoms with E-state index in [1.165, 1.54) is 78.1 Å². The zero-order valence-corrected chi connectivity index (χ0v) is 85.4. The SMILES string of the molecule is COC(=O)CN1C=CN(CC(=O)NCCCn2nnc3c2-c2ccccc2CN(C(=O)CCC(=O)NCCOCCOCCOCCOCCC(=O)NC(CCC(=O)NCCCCCC(=O)N[C@@H](CCC(=O)N[C@@H](CCCOP(=O)(O)NC(CC(=O)O)C(=O)O)C(=O)O)C(=O)O)C(=O)NC(CCCCNC(=O)CCCc2ccc(I)cc2)C(=O)O)c2ccccc2-3)C=CN(CC(=O)OC)C=CN(CC(=O)OC)C=C1.[Lu]. The average Bonchev–Trinajstić information content (AvgIpc) is 1.64. The predicted octanol–water partition coefficient (Wildman–Crippen LogP) is 2.70. The van der Waals surface area contributed by atoms with E-state index in [1.807, 2.05) is 66.7 Å². The van der Waals surface area contributed by atoms with Gasteiger partial charge in [0.15, 0.2) is 0 Å². The maximum Gasteiger partial charge on any atom is 0.403 e. The quantitative estimate of drug-likeness (QED) is 0.00993. The van der Waals surface area contributed by atoms with E-state index in [0.29, 0.717) is 74.1 Å². The number of hydrogen-bond donors (Lipinski definition) is 15. The van der Waals surface area contributed by atoms with Crippen LogP contribution >= 0.6 is 30.3 Å². The third kappa shape index (κ3) is 50.0. The van der Waals surface area contributed by atoms with Crippen molar-refractivity contribution < 1.29 is 191 Å². The van der Waals surface area contributed by atoms with Crippen molar-refractivity contribution in [3.63, 3.8) is 0 Å². The number of nitrogens with zero attached hydrogens (tertiary/aromatic N) is 8. The van der Waals surface area contributed by atoms with Crippen molar-refractivity contribution in [1.82, 2.24) is 82.2 Å². The molecule has 9 amide bonds. The standard InChI is InChI=1S/C93H129IN17O32P.Lu/c1-136-84(122)61-107-43-41-106(42-44-108(62-85(123)137-2)46-48-109(47-45-107)63-86(124)138-3)60-81(118)97-38-15-40-111-88-67-18-7-6-17-65(67)59-110(74-22-9-8-19-68(74)87(88)103-105-111)82(119)34-33-77(114)98-39-51-140-53-55-142-57-56-141-54-52-139-50-35-80(117)99-69(89(125)102-71(91(128)129)20-10-12-37-95-75(112)24-13-16-64-25-27-66(94)28-26-64)29-31-76(113)96-36-11-4-5-23-78(115)101-72(92(130)131)30-32-79(116)100-70(90(126)127)21-14-49-143-144(134,135)104-73(93(132)133)58-83(120)121;/h6-9,17-19,22,25-28,41-48,69-73H,4-5,10-16,20-21,23-24,29-40,49-63H2,1-3H3,(H,95,112)(H,96,113)(H,97,118)(H,98,114)(H,99,117)(H,100,116)(H,101,115)(H,102,125)(H,120,121)(H,126,127)(H,128,129)(H,130,131)(H,132,133)(H2,104,134,135);/t69?,70-,71?,72-,73?;/m0./s1. The van der Waals surface area contributed by atoms with Gasteiger partial charge in [-0.15, -0.1) is 5.10 Å². The monoisotopic (exact) mass is 2330 g/mol. The second-order valence-electron chi connectivity index (χ2n) is 32.6. The molecule has 6 atom stereocenters. The summed E-state index contributed by atoms with van der Waals surface area (Å²) in [6, 6.07) is 14.9. The number of amides is 9. The minimum absolute atomic E-state index is 0. The van der Waals surface area contributed by atoms with E-state index >= 15 is 0 Å². The van der Waals surface area contributed by atoms with Crippen LogP contribution in [-0.4, -0.2) is 329 Å². The average molecular weight is 2330 g/mol. The van der Waals surface area contributed by atoms with E-state index in [9.17, 15) is 106 Å². The Hall–Kier alpha value is -12.1. The third-order valence-corrected chi connectivity index (χ3v) is 23.5. The Bertz CT molecular complexity index is 5050. The van der Waals surface area contributed by atoms with Crippen LogP contribution in [0, 0.1) is 40.4 Å². The third-order valence-electron chi connectivity index (χ3n) is 21.6. The molecule has 2 aliphatic heterocycles. The van der Waals surface area contributed by atoms with Crippen LogP contribution in [-0.2, 0) is 143 Å². The number of aryl methyl sites for hydroxylation is 2. The Labute approximate surface area is 880 Å². The molecule has 3 heterocycles. The Balaban J connectivity index is 0.0000370. The van der Waals surface area contributed by atoms with Crippen molar-refractivity contribution in [1.29, 1.82) is 0 Å². The van der Waals surface area contributed by atoms with E-state index < -0.39 is 141 Å². The van der Waals surface area contributed by atoms with E-state index in [-0.39, 0.29) is 243 Å². The van der Waals surface area contributed by atoms with Gasteiger partial charge in [-0.05, 0) is 129 Å². The molecule has 52 heteroatoms. The Kier molecular flexibility index (Phi) is 58.7. The van der Waals surface area contributed by atoms with Crippen molar-refractivity contribution in [2.45, 2.75) is 178 Å². The van der Waals surface area contributed by atoms with Gasteiger partial charge >= 0.3 is 55.5 Å². The van der Waals surface area contributed by atoms with Crippen LogP contribution in [0.5, 0.6) is 0 Å². The van der Waals surface area contributed by atoms with Crippen LogP contribution in [0.25, 0.3) is 22.5 Å². The molecule has 15 N–H and O–H groups in total. The van der Waals surface area contributed by atoms with Crippen LogP contribution in [0.2, 0.25) is 0 Å². The Morgan fingerprint density at radius 2 is 0.869 bits per heavy atom. The van der Waals surface area contributed by atoms with Crippen LogP contribution < -0.4 is 52.5 Å². The molecule has 0 aliphatic carbocycles. The first-order chi connectivity index (χ1) is 69.0. The molecule has 0 saturated heterocycles. The molecule has 2 aliphatic rings. The number of hydrogen-bond acceptors (Lipinski definition) is 32. The maximum absolute atomic E-state index is 14.3. The van der Waals surface area contributed by atoms with E-state index in [0.717, 1.165) is 20.3 Å². The number of esters is 3. The van der Waals surface area contributed by atoms with Crippen LogP contribution in [0.3, 0.4) is 0 Å². The molecule has 0 fully saturated rings. The number of carbonyl (C=O) groups excluding carboxylic acids is 12. The number of halogens is 1. The molecule has 4 aromatic rings. The fraction of sp³-hybridized carbons (Fsp3) is 0.516. The number of rotatable bonds is 69. The van der Waals surface area contributed by atoms with Crippen molar-refractivity contribution in [3.8, 4) is 22.5 Å². The number of aromatic nitrogens is 3. The van der Waals surface area contributed by atoms with Gasteiger partial charge in [0.2, 0.25) is 53.2 Å². The number of carbonyl (C=O) groups is 17. The normalized spacial score (nSPS) is 13.6. The van der Waals surface area contributed by atoms with Crippen LogP contribution in [0.15, 0.2) is 122 Å². The zero-order valence-electron chi connectivity index (χ0n) is 80.7. The molecule has 0 spiro atoms. The van der Waals surface area contributed by atoms with Gasteiger partial charge < -0.3 is 131 Å². The number of anilines is 1. The smallest absolute Gasteiger partial charge is 0.403 e. The second-order valence-corrected chi connectivity index (χ2v) is 35.4. The summed E-state index contributed by atoms with van der Waals surface area (Å²) in [6.07, 6.45) is 11.8. The molecule has 145 heavy (non-hydrogen) atoms. The van der Waals surface area contributed by atoms with E-state index in [1.54, 1.807) is 33.1 Å². The summed E-state index contributed by atoms with van der Waals surface area (Å²) in [5, 5.41) is 79.2. The molecular weight excluding hydrogens is 2200 g/mol. The van der Waals surface area contributed by atoms with Crippen LogP contribution in [0.4, 0.5) is 5.69 Å². The number of ether oxygens (including phenoxy) is 7. The molecular formula is C93H129ILuN17O32P. The Morgan fingerprint density at radius 3 is 1.44 bits per heavy atom. The molecule has 4 unspecified atom stereocenters. The van der Waals surface area contributed by atoms with Gasteiger partial charge in [0.25, 0.3) is 0 Å². The number of methoxy groups -OCH3 is 3. The summed E-state index contributed by atoms with van der Waals surface area (Å²) in [7, 11) is -1.15. The fourth-order valence-electron chi connectivity index (χ4n) is 14.0. The molecule has 3 aromatic carbocycles. The van der Waals surface area contributed by atoms with Crippen molar-refractivity contribution >= 4 is 137 Å². The summed E-state index contributed by atoms with van der Waals surface area (Å²) in [6.45, 7) is 0.701. The molecule has 0 saturated carbocycles. The maximum atomic E-state index is 14.3. The minimum atomic E-state index is -4.88. The predicted molar refractivity (Wildman–Crippen MR) is 521 cm³/mol. The number of aliphatic carboxylic acids is 5. The number of unbranched alkanes of at least 4 members (excludes halogenated alkanes) is 3. The molecule has 49 nitrogen and oxygen atoms in total. The van der Waals surface area contributed by atoms with Crippen molar-refractivity contribution in [2.75, 3.05) is 138 Å². The topological polar surface area (TPSA) is 658 Å². The van der Waals surface area contributed by atoms with Gasteiger partial charge in [0.1, 0.15) is 62.1 Å². The van der Waals surface area contributed by atoms with Gasteiger partial charge in [-0.1, -0.05) is 66.2 Å². The second kappa shape index (κ2) is 69.0. The number of nitrogens with one attached hydrogen (secondary N) is 9. The molecule has 0 bridgehead atoms. The number of fused-ring (bicyclic) bond motifs is 5. The number of benzene rings is 3. The summed E-state index contributed by atoms with van der Waals surface area (Å²) >= 11 is 2.21. The molecule has 1 radical (unpaired) electrons. The van der Waals surface area contributed by atoms with Gasteiger partial charge in [-0.3, -0.25) is 71.6 Å². The Morgan fingerprint density at radius 1 is 0.421 bits per heavy atom. The fourth-order valence-corrected chi connectivity index (χ4v) is 15.4. The number of carboxylic acids is 5. The summed E-state index contributed by atoms with van der Waals surface area (Å²) in [5.74, 6) is -14.3. The number of carboxylic acid groups (broad SMARTS) is 5. The summed E-state index contributed by atoms with van der Waals surface area (Å²) in [5.41, 5.74) is 5.09. The van der Waals surface area contributed by atoms with Gasteiger partial charge in [-0.2, -0.15) is 0 Å². The zero-order chi connectivity index (χ0) is 105. The largest absolute Gasteiger partial charge is 0.481 e. The van der Waals surface area contributed by atoms with Gasteiger partial charge in [0.05, 0.1) is 105 Å². The molecule has 1 aromatic heterocycles. The minimum Gasteiger partial charge on any atom is -0.481 e. The van der Waals surface area contributed by atoms with Crippen molar-refractivity contribution in [2.24, 2.45) is 0 Å². The van der Waals surface area contributed by atoms with Gasteiger partial charge in [0, 0.05) is 179 Å². The van der Waals surface area contributed by atoms with E-state index in [4.69, 9.17) is 47.9 Å². The number of para-hydroxylation sites is 1. The molecule has 805 valence electrons.